The zero-order valence-electron chi connectivity index (χ0n) is 13.0. The van der Waals surface area contributed by atoms with Crippen LogP contribution in [0.1, 0.15) is 51.5 Å². The molecule has 2 rings (SSSR count). The molecule has 1 aromatic rings. The minimum absolute atomic E-state index is 0.118. The Kier molecular flexibility index (Phi) is 5.79. The van der Waals surface area contributed by atoms with Gasteiger partial charge in [-0.15, -0.1) is 0 Å². The molecule has 0 spiro atoms. The van der Waals surface area contributed by atoms with E-state index in [1.54, 1.807) is 0 Å². The summed E-state index contributed by atoms with van der Waals surface area (Å²) in [6.45, 7) is 3.80. The first kappa shape index (κ1) is 15.6. The fourth-order valence-electron chi connectivity index (χ4n) is 2.49. The highest BCUT2D eigenvalue weighted by atomic mass is 16.5. The molecule has 0 aliphatic heterocycles. The maximum absolute atomic E-state index is 12.2. The van der Waals surface area contributed by atoms with Gasteiger partial charge in [0, 0.05) is 5.57 Å². The predicted molar refractivity (Wildman–Crippen MR) is 86.8 cm³/mol. The van der Waals surface area contributed by atoms with E-state index in [1.165, 1.54) is 19.3 Å². The summed E-state index contributed by atoms with van der Waals surface area (Å²) in [7, 11) is 0. The third-order valence-corrected chi connectivity index (χ3v) is 4.05. The summed E-state index contributed by atoms with van der Waals surface area (Å²) in [5, 5.41) is 0. The SMILES string of the molecule is CC(C=Cc1ccccc1)=C(C)C(=O)OC1CCCCC1. The van der Waals surface area contributed by atoms with Gasteiger partial charge in [-0.1, -0.05) is 48.9 Å². The number of rotatable bonds is 4. The maximum Gasteiger partial charge on any atom is 0.334 e. The van der Waals surface area contributed by atoms with Gasteiger partial charge in [-0.2, -0.15) is 0 Å². The van der Waals surface area contributed by atoms with Crippen molar-refractivity contribution in [2.24, 2.45) is 0 Å². The van der Waals surface area contributed by atoms with E-state index in [4.69, 9.17) is 4.74 Å². The highest BCUT2D eigenvalue weighted by Crippen LogP contribution is 2.22. The summed E-state index contributed by atoms with van der Waals surface area (Å²) in [4.78, 5) is 12.2. The van der Waals surface area contributed by atoms with Crippen LogP contribution in [0.25, 0.3) is 6.08 Å². The van der Waals surface area contributed by atoms with Crippen molar-refractivity contribution in [2.75, 3.05) is 0 Å². The number of carbonyl (C=O) groups excluding carboxylic acids is 1. The first-order valence-electron chi connectivity index (χ1n) is 7.78. The van der Waals surface area contributed by atoms with Crippen molar-refractivity contribution < 1.29 is 9.53 Å². The molecule has 0 saturated heterocycles. The van der Waals surface area contributed by atoms with Gasteiger partial charge in [-0.25, -0.2) is 4.79 Å². The number of esters is 1. The van der Waals surface area contributed by atoms with Gasteiger partial charge in [0.1, 0.15) is 6.10 Å². The molecule has 2 heteroatoms. The van der Waals surface area contributed by atoms with Crippen LogP contribution < -0.4 is 0 Å². The smallest absolute Gasteiger partial charge is 0.334 e. The second-order valence-corrected chi connectivity index (χ2v) is 5.72. The monoisotopic (exact) mass is 284 g/mol. The van der Waals surface area contributed by atoms with E-state index in [0.717, 1.165) is 24.0 Å². The van der Waals surface area contributed by atoms with Crippen LogP contribution in [-0.4, -0.2) is 12.1 Å². The number of carbonyl (C=O) groups is 1. The Labute approximate surface area is 127 Å². The van der Waals surface area contributed by atoms with Crippen LogP contribution in [0.2, 0.25) is 0 Å². The third-order valence-electron chi connectivity index (χ3n) is 4.05. The fraction of sp³-hybridized carbons (Fsp3) is 0.421. The molecule has 1 saturated carbocycles. The molecule has 0 unspecified atom stereocenters. The lowest BCUT2D eigenvalue weighted by Gasteiger charge is -2.22. The zero-order chi connectivity index (χ0) is 15.1. The van der Waals surface area contributed by atoms with Crippen LogP contribution in [0.3, 0.4) is 0 Å². The van der Waals surface area contributed by atoms with Gasteiger partial charge in [0.05, 0.1) is 0 Å². The van der Waals surface area contributed by atoms with E-state index in [9.17, 15) is 4.79 Å². The van der Waals surface area contributed by atoms with Gasteiger partial charge in [-0.05, 0) is 50.7 Å². The van der Waals surface area contributed by atoms with Crippen molar-refractivity contribution in [3.8, 4) is 0 Å². The molecular weight excluding hydrogens is 260 g/mol. The van der Waals surface area contributed by atoms with Crippen molar-refractivity contribution in [1.82, 2.24) is 0 Å². The molecule has 0 radical (unpaired) electrons. The Morgan fingerprint density at radius 2 is 1.76 bits per heavy atom. The molecule has 1 aliphatic carbocycles. The minimum Gasteiger partial charge on any atom is -0.459 e. The molecule has 0 atom stereocenters. The Bertz CT molecular complexity index is 520. The number of hydrogen-bond acceptors (Lipinski definition) is 2. The second kappa shape index (κ2) is 7.82. The van der Waals surface area contributed by atoms with E-state index < -0.39 is 0 Å². The van der Waals surface area contributed by atoms with Gasteiger partial charge in [0.2, 0.25) is 0 Å². The molecule has 1 aliphatic rings. The first-order valence-corrected chi connectivity index (χ1v) is 7.78. The molecule has 0 N–H and O–H groups in total. The van der Waals surface area contributed by atoms with Crippen molar-refractivity contribution in [1.29, 1.82) is 0 Å². The van der Waals surface area contributed by atoms with Crippen LogP contribution in [0.15, 0.2) is 47.6 Å². The molecule has 1 fully saturated rings. The van der Waals surface area contributed by atoms with E-state index in [-0.39, 0.29) is 12.1 Å². The molecule has 0 aromatic heterocycles. The van der Waals surface area contributed by atoms with Gasteiger partial charge in [0.15, 0.2) is 0 Å². The van der Waals surface area contributed by atoms with E-state index in [2.05, 4.69) is 0 Å². The van der Waals surface area contributed by atoms with Crippen LogP contribution in [-0.2, 0) is 9.53 Å². The topological polar surface area (TPSA) is 26.3 Å². The molecule has 0 amide bonds. The molecular formula is C19H24O2. The summed E-state index contributed by atoms with van der Waals surface area (Å²) in [6, 6.07) is 10.1. The Morgan fingerprint density at radius 3 is 2.43 bits per heavy atom. The average molecular weight is 284 g/mol. The van der Waals surface area contributed by atoms with Crippen molar-refractivity contribution in [2.45, 2.75) is 52.1 Å². The summed E-state index contributed by atoms with van der Waals surface area (Å²) >= 11 is 0. The number of ether oxygens (including phenoxy) is 1. The van der Waals surface area contributed by atoms with E-state index >= 15 is 0 Å². The minimum atomic E-state index is -0.169. The highest BCUT2D eigenvalue weighted by Gasteiger charge is 2.18. The largest absolute Gasteiger partial charge is 0.459 e. The maximum atomic E-state index is 12.2. The normalized spacial score (nSPS) is 17.6. The van der Waals surface area contributed by atoms with Crippen molar-refractivity contribution in [3.63, 3.8) is 0 Å². The van der Waals surface area contributed by atoms with Crippen LogP contribution in [0.5, 0.6) is 0 Å². The Morgan fingerprint density at radius 1 is 1.10 bits per heavy atom. The van der Waals surface area contributed by atoms with Gasteiger partial charge in [-0.3, -0.25) is 0 Å². The Hall–Kier alpha value is -1.83. The van der Waals surface area contributed by atoms with Crippen LogP contribution in [0, 0.1) is 0 Å². The molecule has 0 bridgehead atoms. The lowest BCUT2D eigenvalue weighted by Crippen LogP contribution is -2.21. The molecule has 0 heterocycles. The van der Waals surface area contributed by atoms with E-state index in [1.807, 2.05) is 56.3 Å². The lowest BCUT2D eigenvalue weighted by molar-refractivity contribution is -0.145. The van der Waals surface area contributed by atoms with Gasteiger partial charge >= 0.3 is 5.97 Å². The van der Waals surface area contributed by atoms with Gasteiger partial charge in [0.25, 0.3) is 0 Å². The summed E-state index contributed by atoms with van der Waals surface area (Å²) in [5.41, 5.74) is 2.79. The standard InChI is InChI=1S/C19H24O2/c1-15(13-14-17-9-5-3-6-10-17)16(2)19(20)21-18-11-7-4-8-12-18/h3,5-6,9-10,13-14,18H,4,7-8,11-12H2,1-2H3. The van der Waals surface area contributed by atoms with Crippen molar-refractivity contribution >= 4 is 12.0 Å². The van der Waals surface area contributed by atoms with Crippen LogP contribution in [0.4, 0.5) is 0 Å². The predicted octanol–water partition coefficient (Wildman–Crippen LogP) is 4.91. The highest BCUT2D eigenvalue weighted by molar-refractivity contribution is 5.89. The molecule has 1 aromatic carbocycles. The third kappa shape index (κ3) is 4.89. The summed E-state index contributed by atoms with van der Waals surface area (Å²) < 4.78 is 5.60. The summed E-state index contributed by atoms with van der Waals surface area (Å²) in [6.07, 6.45) is 9.75. The molecule has 112 valence electrons. The lowest BCUT2D eigenvalue weighted by atomic mass is 9.98. The quantitative estimate of drug-likeness (QED) is 0.446. The van der Waals surface area contributed by atoms with Crippen LogP contribution >= 0.6 is 0 Å². The summed E-state index contributed by atoms with van der Waals surface area (Å²) in [5.74, 6) is -0.169. The number of hydrogen-bond donors (Lipinski definition) is 0. The Balaban J connectivity index is 1.96. The van der Waals surface area contributed by atoms with Crippen molar-refractivity contribution in [3.05, 3.63) is 53.1 Å². The second-order valence-electron chi connectivity index (χ2n) is 5.72. The zero-order valence-corrected chi connectivity index (χ0v) is 13.0. The number of allylic oxidation sites excluding steroid dienone is 2. The average Bonchev–Trinajstić information content (AvgIpc) is 2.53. The number of benzene rings is 1. The first-order chi connectivity index (χ1) is 10.2. The van der Waals surface area contributed by atoms with E-state index in [0.29, 0.717) is 5.57 Å². The molecule has 2 nitrogen and oxygen atoms in total. The fourth-order valence-corrected chi connectivity index (χ4v) is 2.49. The molecule has 21 heavy (non-hydrogen) atoms. The van der Waals surface area contributed by atoms with Gasteiger partial charge < -0.3 is 4.74 Å².